The molecule has 2 atom stereocenters. The quantitative estimate of drug-likeness (QED) is 0.839. The second kappa shape index (κ2) is 5.40. The highest BCUT2D eigenvalue weighted by atomic mass is 16.4. The molecule has 0 spiro atoms. The third-order valence-electron chi connectivity index (χ3n) is 3.69. The van der Waals surface area contributed by atoms with Crippen molar-refractivity contribution in [1.29, 1.82) is 0 Å². The SMILES string of the molecule is CCC(C(N)=O)N1Cc2ccccc2CC1C(=O)O. The van der Waals surface area contributed by atoms with Crippen molar-refractivity contribution in [3.05, 3.63) is 35.4 Å². The first-order chi connectivity index (χ1) is 9.04. The molecule has 2 unspecified atom stereocenters. The van der Waals surface area contributed by atoms with E-state index in [1.807, 2.05) is 31.2 Å². The number of aliphatic carboxylic acids is 1. The molecule has 1 aromatic rings. The average molecular weight is 262 g/mol. The van der Waals surface area contributed by atoms with Crippen LogP contribution >= 0.6 is 0 Å². The summed E-state index contributed by atoms with van der Waals surface area (Å²) < 4.78 is 0. The van der Waals surface area contributed by atoms with E-state index in [-0.39, 0.29) is 0 Å². The first-order valence-corrected chi connectivity index (χ1v) is 6.39. The molecule has 1 aliphatic heterocycles. The van der Waals surface area contributed by atoms with Crippen LogP contribution in [0.1, 0.15) is 24.5 Å². The zero-order valence-corrected chi connectivity index (χ0v) is 10.9. The third kappa shape index (κ3) is 2.61. The van der Waals surface area contributed by atoms with Crippen LogP contribution in [0.3, 0.4) is 0 Å². The van der Waals surface area contributed by atoms with Gasteiger partial charge in [0.25, 0.3) is 0 Å². The van der Waals surface area contributed by atoms with Crippen molar-refractivity contribution in [2.45, 2.75) is 38.4 Å². The molecule has 2 rings (SSSR count). The fraction of sp³-hybridized carbons (Fsp3) is 0.429. The van der Waals surface area contributed by atoms with E-state index in [4.69, 9.17) is 5.73 Å². The van der Waals surface area contributed by atoms with Crippen LogP contribution in [0.4, 0.5) is 0 Å². The van der Waals surface area contributed by atoms with Crippen molar-refractivity contribution in [1.82, 2.24) is 4.90 Å². The Morgan fingerprint density at radius 1 is 1.42 bits per heavy atom. The number of primary amides is 1. The van der Waals surface area contributed by atoms with Crippen LogP contribution in [0.25, 0.3) is 0 Å². The van der Waals surface area contributed by atoms with E-state index in [1.54, 1.807) is 4.90 Å². The van der Waals surface area contributed by atoms with Gasteiger partial charge in [-0.05, 0) is 24.0 Å². The number of carboxylic acid groups (broad SMARTS) is 1. The molecule has 0 saturated heterocycles. The Kier molecular flexibility index (Phi) is 3.85. The van der Waals surface area contributed by atoms with E-state index in [1.165, 1.54) is 0 Å². The highest BCUT2D eigenvalue weighted by Crippen LogP contribution is 2.26. The van der Waals surface area contributed by atoms with Crippen molar-refractivity contribution in [3.8, 4) is 0 Å². The molecule has 0 saturated carbocycles. The smallest absolute Gasteiger partial charge is 0.321 e. The Balaban J connectivity index is 2.36. The molecular weight excluding hydrogens is 244 g/mol. The number of nitrogens with zero attached hydrogens (tertiary/aromatic N) is 1. The second-order valence-corrected chi connectivity index (χ2v) is 4.83. The summed E-state index contributed by atoms with van der Waals surface area (Å²) in [6.45, 7) is 2.30. The molecule has 5 heteroatoms. The van der Waals surface area contributed by atoms with Crippen LogP contribution in [0.5, 0.6) is 0 Å². The first-order valence-electron chi connectivity index (χ1n) is 6.39. The molecule has 19 heavy (non-hydrogen) atoms. The van der Waals surface area contributed by atoms with E-state index in [2.05, 4.69) is 0 Å². The number of carbonyl (C=O) groups excluding carboxylic acids is 1. The molecule has 1 aliphatic rings. The van der Waals surface area contributed by atoms with Gasteiger partial charge < -0.3 is 10.8 Å². The van der Waals surface area contributed by atoms with E-state index in [0.717, 1.165) is 11.1 Å². The summed E-state index contributed by atoms with van der Waals surface area (Å²) >= 11 is 0. The Morgan fingerprint density at radius 2 is 2.05 bits per heavy atom. The Labute approximate surface area is 112 Å². The molecule has 3 N–H and O–H groups in total. The van der Waals surface area contributed by atoms with Gasteiger partial charge in [-0.2, -0.15) is 0 Å². The number of hydrogen-bond donors (Lipinski definition) is 2. The summed E-state index contributed by atoms with van der Waals surface area (Å²) in [6.07, 6.45) is 0.927. The number of rotatable bonds is 4. The van der Waals surface area contributed by atoms with Crippen molar-refractivity contribution in [2.75, 3.05) is 0 Å². The molecule has 102 valence electrons. The van der Waals surface area contributed by atoms with Crippen LogP contribution < -0.4 is 5.73 Å². The van der Waals surface area contributed by atoms with Gasteiger partial charge in [-0.1, -0.05) is 31.2 Å². The maximum absolute atomic E-state index is 11.5. The van der Waals surface area contributed by atoms with Gasteiger partial charge in [0.1, 0.15) is 6.04 Å². The predicted octanol–water partition coefficient (Wildman–Crippen LogP) is 0.762. The lowest BCUT2D eigenvalue weighted by atomic mass is 9.92. The van der Waals surface area contributed by atoms with Gasteiger partial charge in [-0.15, -0.1) is 0 Å². The van der Waals surface area contributed by atoms with Crippen molar-refractivity contribution in [3.63, 3.8) is 0 Å². The summed E-state index contributed by atoms with van der Waals surface area (Å²) in [7, 11) is 0. The second-order valence-electron chi connectivity index (χ2n) is 4.83. The fourth-order valence-electron chi connectivity index (χ4n) is 2.70. The summed E-state index contributed by atoms with van der Waals surface area (Å²) in [5.41, 5.74) is 7.49. The third-order valence-corrected chi connectivity index (χ3v) is 3.69. The predicted molar refractivity (Wildman–Crippen MR) is 70.4 cm³/mol. The largest absolute Gasteiger partial charge is 0.480 e. The van der Waals surface area contributed by atoms with Crippen molar-refractivity contribution in [2.24, 2.45) is 5.73 Å². The molecule has 0 bridgehead atoms. The normalized spacial score (nSPS) is 20.6. The summed E-state index contributed by atoms with van der Waals surface area (Å²) in [5, 5.41) is 9.37. The van der Waals surface area contributed by atoms with Gasteiger partial charge in [0.15, 0.2) is 0 Å². The number of amides is 1. The lowest BCUT2D eigenvalue weighted by Gasteiger charge is -2.38. The summed E-state index contributed by atoms with van der Waals surface area (Å²) in [5.74, 6) is -1.37. The van der Waals surface area contributed by atoms with Crippen molar-refractivity contribution < 1.29 is 14.7 Å². The fourth-order valence-corrected chi connectivity index (χ4v) is 2.70. The summed E-state index contributed by atoms with van der Waals surface area (Å²) in [4.78, 5) is 24.6. The van der Waals surface area contributed by atoms with Crippen LogP contribution in [-0.2, 0) is 22.6 Å². The Hall–Kier alpha value is -1.88. The van der Waals surface area contributed by atoms with Gasteiger partial charge >= 0.3 is 5.97 Å². The van der Waals surface area contributed by atoms with Crippen LogP contribution in [-0.4, -0.2) is 34.0 Å². The highest BCUT2D eigenvalue weighted by molar-refractivity contribution is 5.82. The van der Waals surface area contributed by atoms with Crippen LogP contribution in [0, 0.1) is 0 Å². The molecule has 5 nitrogen and oxygen atoms in total. The molecule has 1 aromatic carbocycles. The topological polar surface area (TPSA) is 83.6 Å². The van der Waals surface area contributed by atoms with Gasteiger partial charge in [-0.25, -0.2) is 0 Å². The van der Waals surface area contributed by atoms with Gasteiger partial charge in [-0.3, -0.25) is 14.5 Å². The van der Waals surface area contributed by atoms with Crippen LogP contribution in [0.15, 0.2) is 24.3 Å². The number of fused-ring (bicyclic) bond motifs is 1. The van der Waals surface area contributed by atoms with Gasteiger partial charge in [0, 0.05) is 6.54 Å². The number of hydrogen-bond acceptors (Lipinski definition) is 3. The minimum absolute atomic E-state index is 0.412. The lowest BCUT2D eigenvalue weighted by molar-refractivity contribution is -0.146. The Bertz CT molecular complexity index is 501. The molecule has 0 radical (unpaired) electrons. The molecule has 0 fully saturated rings. The maximum Gasteiger partial charge on any atom is 0.321 e. The first kappa shape index (κ1) is 13.5. The number of carbonyl (C=O) groups is 2. The number of nitrogens with two attached hydrogens (primary N) is 1. The minimum Gasteiger partial charge on any atom is -0.480 e. The molecule has 0 aliphatic carbocycles. The number of benzene rings is 1. The molecule has 1 amide bonds. The van der Waals surface area contributed by atoms with Gasteiger partial charge in [0.2, 0.25) is 5.91 Å². The standard InChI is InChI=1S/C14H18N2O3/c1-2-11(13(15)17)16-8-10-6-4-3-5-9(10)7-12(16)14(18)19/h3-6,11-12H,2,7-8H2,1H3,(H2,15,17)(H,18,19). The van der Waals surface area contributed by atoms with Gasteiger partial charge in [0.05, 0.1) is 6.04 Å². The van der Waals surface area contributed by atoms with Crippen molar-refractivity contribution >= 4 is 11.9 Å². The average Bonchev–Trinajstić information content (AvgIpc) is 2.38. The maximum atomic E-state index is 11.5. The van der Waals surface area contributed by atoms with E-state index in [0.29, 0.717) is 19.4 Å². The number of carboxylic acids is 1. The van der Waals surface area contributed by atoms with E-state index >= 15 is 0 Å². The molecule has 1 heterocycles. The van der Waals surface area contributed by atoms with E-state index in [9.17, 15) is 14.7 Å². The van der Waals surface area contributed by atoms with E-state index < -0.39 is 24.0 Å². The zero-order chi connectivity index (χ0) is 14.0. The van der Waals surface area contributed by atoms with Crippen LogP contribution in [0.2, 0.25) is 0 Å². The lowest BCUT2D eigenvalue weighted by Crippen LogP contribution is -2.54. The Morgan fingerprint density at radius 3 is 2.58 bits per heavy atom. The molecule has 0 aromatic heterocycles. The zero-order valence-electron chi connectivity index (χ0n) is 10.9. The minimum atomic E-state index is -0.908. The monoisotopic (exact) mass is 262 g/mol. The highest BCUT2D eigenvalue weighted by Gasteiger charge is 2.37. The summed E-state index contributed by atoms with van der Waals surface area (Å²) in [6, 6.07) is 6.51. The molecular formula is C14H18N2O3.